The number of amides is 1. The van der Waals surface area contributed by atoms with E-state index in [4.69, 9.17) is 5.73 Å². The first-order valence-corrected chi connectivity index (χ1v) is 8.76. The number of fused-ring (bicyclic) bond motifs is 1. The molecule has 1 saturated heterocycles. The van der Waals surface area contributed by atoms with Crippen LogP contribution in [0.4, 0.5) is 5.69 Å². The zero-order valence-electron chi connectivity index (χ0n) is 14.6. The van der Waals surface area contributed by atoms with Gasteiger partial charge in [0.25, 0.3) is 0 Å². The third kappa shape index (κ3) is 3.29. The molecule has 126 valence electrons. The lowest BCUT2D eigenvalue weighted by atomic mass is 9.80. The Morgan fingerprint density at radius 2 is 2.04 bits per heavy atom. The molecule has 1 fully saturated rings. The van der Waals surface area contributed by atoms with Crippen LogP contribution in [0.2, 0.25) is 0 Å². The Labute approximate surface area is 139 Å². The predicted molar refractivity (Wildman–Crippen MR) is 94.5 cm³/mol. The quantitative estimate of drug-likeness (QED) is 0.912. The number of nitrogens with zero attached hydrogens (tertiary/aromatic N) is 2. The smallest absolute Gasteiger partial charge is 0.241 e. The van der Waals surface area contributed by atoms with Gasteiger partial charge in [0.15, 0.2) is 0 Å². The van der Waals surface area contributed by atoms with Crippen LogP contribution >= 0.6 is 0 Å². The number of anilines is 1. The summed E-state index contributed by atoms with van der Waals surface area (Å²) in [5.74, 6) is 0.218. The summed E-state index contributed by atoms with van der Waals surface area (Å²) in [5.41, 5.74) is 8.68. The van der Waals surface area contributed by atoms with Crippen molar-refractivity contribution in [3.63, 3.8) is 0 Å². The molecule has 4 heteroatoms. The molecular formula is C19H29N3O. The highest BCUT2D eigenvalue weighted by Gasteiger charge is 2.35. The number of likely N-dealkylation sites (tertiary alicyclic amines) is 1. The molecule has 0 bridgehead atoms. The number of para-hydroxylation sites is 1. The molecule has 23 heavy (non-hydrogen) atoms. The van der Waals surface area contributed by atoms with Crippen LogP contribution in [0.25, 0.3) is 0 Å². The molecule has 2 heterocycles. The molecule has 1 aromatic rings. The van der Waals surface area contributed by atoms with Crippen molar-refractivity contribution >= 4 is 11.6 Å². The number of aryl methyl sites for hydroxylation is 1. The minimum Gasteiger partial charge on any atom is -0.327 e. The van der Waals surface area contributed by atoms with Crippen molar-refractivity contribution in [2.75, 3.05) is 24.5 Å². The average molecular weight is 315 g/mol. The highest BCUT2D eigenvalue weighted by atomic mass is 16.2. The molecule has 2 aliphatic heterocycles. The maximum atomic E-state index is 13.0. The zero-order chi connectivity index (χ0) is 16.6. The van der Waals surface area contributed by atoms with Gasteiger partial charge in [-0.15, -0.1) is 0 Å². The summed E-state index contributed by atoms with van der Waals surface area (Å²) >= 11 is 0. The standard InChI is InChI=1S/C19H29N3O/c1-14-8-9-15-6-4-5-7-16(15)22(14)18(23)12-21-11-10-17(20)19(2,3)13-21/h4-7,14,17H,8-13,20H2,1-3H3. The van der Waals surface area contributed by atoms with E-state index in [-0.39, 0.29) is 23.4 Å². The second-order valence-corrected chi connectivity index (χ2v) is 7.87. The SMILES string of the molecule is CC1CCc2ccccc2N1C(=O)CN1CCC(N)C(C)(C)C1. The third-order valence-electron chi connectivity index (χ3n) is 5.54. The minimum atomic E-state index is 0.0734. The molecule has 4 nitrogen and oxygen atoms in total. The molecule has 1 amide bonds. The Morgan fingerprint density at radius 1 is 1.30 bits per heavy atom. The van der Waals surface area contributed by atoms with Gasteiger partial charge < -0.3 is 10.6 Å². The van der Waals surface area contributed by atoms with Crippen LogP contribution in [0.1, 0.15) is 39.2 Å². The summed E-state index contributed by atoms with van der Waals surface area (Å²) in [5, 5.41) is 0. The Kier molecular flexibility index (Phi) is 4.47. The minimum absolute atomic E-state index is 0.0734. The number of nitrogens with two attached hydrogens (primary N) is 1. The van der Waals surface area contributed by atoms with E-state index in [1.54, 1.807) is 0 Å². The van der Waals surface area contributed by atoms with Crippen LogP contribution in [-0.2, 0) is 11.2 Å². The van der Waals surface area contributed by atoms with Crippen molar-refractivity contribution in [2.45, 2.75) is 52.1 Å². The summed E-state index contributed by atoms with van der Waals surface area (Å²) in [4.78, 5) is 17.3. The predicted octanol–water partition coefficient (Wildman–Crippen LogP) is 2.41. The second kappa shape index (κ2) is 6.25. The molecule has 2 atom stereocenters. The summed E-state index contributed by atoms with van der Waals surface area (Å²) in [6.07, 6.45) is 3.07. The topological polar surface area (TPSA) is 49.6 Å². The van der Waals surface area contributed by atoms with Gasteiger partial charge in [0.05, 0.1) is 6.54 Å². The van der Waals surface area contributed by atoms with Crippen molar-refractivity contribution in [1.29, 1.82) is 0 Å². The van der Waals surface area contributed by atoms with Crippen molar-refractivity contribution < 1.29 is 4.79 Å². The summed E-state index contributed by atoms with van der Waals surface area (Å²) < 4.78 is 0. The number of hydrogen-bond donors (Lipinski definition) is 1. The maximum absolute atomic E-state index is 13.0. The molecule has 1 aromatic carbocycles. The molecule has 0 saturated carbocycles. The molecule has 2 aliphatic rings. The van der Waals surface area contributed by atoms with E-state index in [2.05, 4.69) is 43.9 Å². The Hall–Kier alpha value is -1.39. The number of piperidine rings is 1. The van der Waals surface area contributed by atoms with E-state index in [0.29, 0.717) is 6.54 Å². The lowest BCUT2D eigenvalue weighted by Gasteiger charge is -2.43. The molecular weight excluding hydrogens is 286 g/mol. The summed E-state index contributed by atoms with van der Waals surface area (Å²) in [6.45, 7) is 8.86. The van der Waals surface area contributed by atoms with Gasteiger partial charge in [-0.3, -0.25) is 9.69 Å². The van der Waals surface area contributed by atoms with E-state index >= 15 is 0 Å². The normalized spacial score (nSPS) is 27.6. The largest absolute Gasteiger partial charge is 0.327 e. The van der Waals surface area contributed by atoms with Crippen molar-refractivity contribution in [2.24, 2.45) is 11.1 Å². The van der Waals surface area contributed by atoms with E-state index in [9.17, 15) is 4.79 Å². The Bertz CT molecular complexity index is 584. The monoisotopic (exact) mass is 315 g/mol. The van der Waals surface area contributed by atoms with Crippen molar-refractivity contribution in [1.82, 2.24) is 4.90 Å². The van der Waals surface area contributed by atoms with Gasteiger partial charge in [-0.1, -0.05) is 32.0 Å². The first kappa shape index (κ1) is 16.5. The highest BCUT2D eigenvalue weighted by Crippen LogP contribution is 2.32. The Balaban J connectivity index is 1.74. The van der Waals surface area contributed by atoms with E-state index in [1.807, 2.05) is 11.0 Å². The molecule has 2 N–H and O–H groups in total. The van der Waals surface area contributed by atoms with Gasteiger partial charge in [-0.2, -0.15) is 0 Å². The van der Waals surface area contributed by atoms with E-state index < -0.39 is 0 Å². The zero-order valence-corrected chi connectivity index (χ0v) is 14.6. The fraction of sp³-hybridized carbons (Fsp3) is 0.632. The van der Waals surface area contributed by atoms with Gasteiger partial charge in [0, 0.05) is 30.9 Å². The maximum Gasteiger partial charge on any atom is 0.241 e. The molecule has 0 aliphatic carbocycles. The van der Waals surface area contributed by atoms with Crippen LogP contribution in [0, 0.1) is 5.41 Å². The number of carbonyl (C=O) groups excluding carboxylic acids is 1. The number of hydrogen-bond acceptors (Lipinski definition) is 3. The third-order valence-corrected chi connectivity index (χ3v) is 5.54. The highest BCUT2D eigenvalue weighted by molar-refractivity contribution is 5.96. The number of benzene rings is 1. The van der Waals surface area contributed by atoms with Gasteiger partial charge in [-0.25, -0.2) is 0 Å². The lowest BCUT2D eigenvalue weighted by Crippen LogP contribution is -2.55. The van der Waals surface area contributed by atoms with Crippen LogP contribution < -0.4 is 10.6 Å². The van der Waals surface area contributed by atoms with E-state index in [1.165, 1.54) is 5.56 Å². The van der Waals surface area contributed by atoms with Gasteiger partial charge in [-0.05, 0) is 43.2 Å². The lowest BCUT2D eigenvalue weighted by molar-refractivity contribution is -0.121. The van der Waals surface area contributed by atoms with Crippen LogP contribution in [0.5, 0.6) is 0 Å². The van der Waals surface area contributed by atoms with Gasteiger partial charge >= 0.3 is 0 Å². The van der Waals surface area contributed by atoms with Crippen molar-refractivity contribution in [3.05, 3.63) is 29.8 Å². The number of carbonyl (C=O) groups is 1. The van der Waals surface area contributed by atoms with Crippen LogP contribution in [0.15, 0.2) is 24.3 Å². The number of rotatable bonds is 2. The van der Waals surface area contributed by atoms with Gasteiger partial charge in [0.2, 0.25) is 5.91 Å². The van der Waals surface area contributed by atoms with Crippen molar-refractivity contribution in [3.8, 4) is 0 Å². The van der Waals surface area contributed by atoms with Gasteiger partial charge in [0.1, 0.15) is 0 Å². The average Bonchev–Trinajstić information content (AvgIpc) is 2.50. The fourth-order valence-electron chi connectivity index (χ4n) is 3.96. The van der Waals surface area contributed by atoms with Crippen LogP contribution in [0.3, 0.4) is 0 Å². The molecule has 0 spiro atoms. The summed E-state index contributed by atoms with van der Waals surface area (Å²) in [6, 6.07) is 8.82. The molecule has 3 rings (SSSR count). The van der Waals surface area contributed by atoms with Crippen LogP contribution in [-0.4, -0.2) is 42.5 Å². The van der Waals surface area contributed by atoms with E-state index in [0.717, 1.165) is 38.0 Å². The Morgan fingerprint density at radius 3 is 2.78 bits per heavy atom. The fourth-order valence-corrected chi connectivity index (χ4v) is 3.96. The molecule has 0 aromatic heterocycles. The summed E-state index contributed by atoms with van der Waals surface area (Å²) in [7, 11) is 0. The first-order chi connectivity index (χ1) is 10.9. The second-order valence-electron chi connectivity index (χ2n) is 7.87. The first-order valence-electron chi connectivity index (χ1n) is 8.76. The molecule has 0 radical (unpaired) electrons. The molecule has 2 unspecified atom stereocenters.